The maximum atomic E-state index is 4.74. The molecular weight excluding hydrogens is 262 g/mol. The fraction of sp³-hybridized carbons (Fsp3) is 0.750. The number of aromatic nitrogens is 2. The van der Waals surface area contributed by atoms with E-state index in [9.17, 15) is 0 Å². The van der Waals surface area contributed by atoms with Crippen LogP contribution in [0.2, 0.25) is 0 Å². The SMILES string of the molecule is Cc1nc(N2CCN(C)C(C)(C)C2)ncc1CNC1CC1. The van der Waals surface area contributed by atoms with E-state index in [0.29, 0.717) is 0 Å². The molecule has 0 aromatic carbocycles. The zero-order chi connectivity index (χ0) is 15.0. The Morgan fingerprint density at radius 3 is 2.71 bits per heavy atom. The molecule has 0 unspecified atom stereocenters. The van der Waals surface area contributed by atoms with E-state index in [1.807, 2.05) is 6.20 Å². The van der Waals surface area contributed by atoms with Gasteiger partial charge in [-0.2, -0.15) is 0 Å². The molecule has 116 valence electrons. The Labute approximate surface area is 127 Å². The van der Waals surface area contributed by atoms with Crippen molar-refractivity contribution in [2.45, 2.75) is 51.7 Å². The fourth-order valence-electron chi connectivity index (χ4n) is 2.76. The second-order valence-electron chi connectivity index (χ2n) is 7.09. The summed E-state index contributed by atoms with van der Waals surface area (Å²) in [6.07, 6.45) is 4.63. The van der Waals surface area contributed by atoms with Crippen molar-refractivity contribution in [1.29, 1.82) is 0 Å². The third-order valence-electron chi connectivity index (χ3n) is 4.83. The van der Waals surface area contributed by atoms with E-state index in [-0.39, 0.29) is 5.54 Å². The quantitative estimate of drug-likeness (QED) is 0.911. The number of anilines is 1. The van der Waals surface area contributed by atoms with Gasteiger partial charge in [0.25, 0.3) is 0 Å². The molecule has 0 atom stereocenters. The molecule has 2 aliphatic rings. The van der Waals surface area contributed by atoms with E-state index in [4.69, 9.17) is 4.98 Å². The maximum absolute atomic E-state index is 4.74. The molecule has 1 N–H and O–H groups in total. The summed E-state index contributed by atoms with van der Waals surface area (Å²) in [7, 11) is 2.19. The molecule has 2 heterocycles. The highest BCUT2D eigenvalue weighted by Crippen LogP contribution is 2.23. The molecule has 21 heavy (non-hydrogen) atoms. The number of nitrogens with zero attached hydrogens (tertiary/aromatic N) is 4. The Morgan fingerprint density at radius 1 is 1.33 bits per heavy atom. The number of piperazine rings is 1. The summed E-state index contributed by atoms with van der Waals surface area (Å²) in [6, 6.07) is 0.725. The minimum absolute atomic E-state index is 0.168. The molecule has 2 fully saturated rings. The Hall–Kier alpha value is -1.20. The molecule has 1 saturated carbocycles. The van der Waals surface area contributed by atoms with Crippen molar-refractivity contribution in [2.24, 2.45) is 0 Å². The van der Waals surface area contributed by atoms with Gasteiger partial charge in [-0.25, -0.2) is 9.97 Å². The first-order valence-corrected chi connectivity index (χ1v) is 7.98. The van der Waals surface area contributed by atoms with Crippen LogP contribution >= 0.6 is 0 Å². The highest BCUT2D eigenvalue weighted by molar-refractivity contribution is 5.34. The molecule has 1 saturated heterocycles. The maximum Gasteiger partial charge on any atom is 0.225 e. The number of aryl methyl sites for hydroxylation is 1. The molecule has 0 amide bonds. The molecule has 0 bridgehead atoms. The van der Waals surface area contributed by atoms with E-state index >= 15 is 0 Å². The van der Waals surface area contributed by atoms with Crippen molar-refractivity contribution in [3.05, 3.63) is 17.5 Å². The van der Waals surface area contributed by atoms with Gasteiger partial charge in [0.05, 0.1) is 0 Å². The van der Waals surface area contributed by atoms with Crippen LogP contribution < -0.4 is 10.2 Å². The van der Waals surface area contributed by atoms with Crippen molar-refractivity contribution >= 4 is 5.95 Å². The minimum Gasteiger partial charge on any atom is -0.338 e. The monoisotopic (exact) mass is 289 g/mol. The number of hydrogen-bond donors (Lipinski definition) is 1. The third kappa shape index (κ3) is 3.35. The van der Waals surface area contributed by atoms with Crippen LogP contribution in [0.1, 0.15) is 37.9 Å². The lowest BCUT2D eigenvalue weighted by Crippen LogP contribution is -2.58. The van der Waals surface area contributed by atoms with E-state index in [1.165, 1.54) is 18.4 Å². The number of hydrogen-bond acceptors (Lipinski definition) is 5. The van der Waals surface area contributed by atoms with Crippen LogP contribution in [0.15, 0.2) is 6.20 Å². The average Bonchev–Trinajstić information content (AvgIpc) is 3.24. The van der Waals surface area contributed by atoms with Crippen molar-refractivity contribution in [3.63, 3.8) is 0 Å². The Balaban J connectivity index is 1.69. The van der Waals surface area contributed by atoms with Crippen LogP contribution in [0.3, 0.4) is 0 Å². The van der Waals surface area contributed by atoms with Gasteiger partial charge in [0.1, 0.15) is 0 Å². The van der Waals surface area contributed by atoms with Gasteiger partial charge >= 0.3 is 0 Å². The summed E-state index contributed by atoms with van der Waals surface area (Å²) in [5.74, 6) is 0.879. The van der Waals surface area contributed by atoms with Crippen LogP contribution in [0.5, 0.6) is 0 Å². The van der Waals surface area contributed by atoms with Gasteiger partial charge in [-0.05, 0) is 40.7 Å². The predicted octanol–water partition coefficient (Wildman–Crippen LogP) is 1.57. The summed E-state index contributed by atoms with van der Waals surface area (Å²) in [5, 5.41) is 3.53. The van der Waals surface area contributed by atoms with Crippen LogP contribution in [0.4, 0.5) is 5.95 Å². The summed E-state index contributed by atoms with van der Waals surface area (Å²) in [4.78, 5) is 14.1. The van der Waals surface area contributed by atoms with Crippen LogP contribution in [0.25, 0.3) is 0 Å². The Kier molecular flexibility index (Phi) is 3.88. The molecule has 1 aromatic heterocycles. The standard InChI is InChI=1S/C16H27N5/c1-12-13(9-17-14-5-6-14)10-18-15(19-12)21-8-7-20(4)16(2,3)11-21/h10,14,17H,5-9,11H2,1-4H3. The molecular formula is C16H27N5. The fourth-order valence-corrected chi connectivity index (χ4v) is 2.76. The average molecular weight is 289 g/mol. The normalized spacial score (nSPS) is 22.6. The number of rotatable bonds is 4. The number of nitrogens with one attached hydrogen (secondary N) is 1. The van der Waals surface area contributed by atoms with E-state index < -0.39 is 0 Å². The molecule has 1 aromatic rings. The van der Waals surface area contributed by atoms with Gasteiger partial charge in [0, 0.05) is 55.2 Å². The van der Waals surface area contributed by atoms with Crippen molar-refractivity contribution in [3.8, 4) is 0 Å². The number of likely N-dealkylation sites (N-methyl/N-ethyl adjacent to an activating group) is 1. The second-order valence-corrected chi connectivity index (χ2v) is 7.09. The Morgan fingerprint density at radius 2 is 2.10 bits per heavy atom. The molecule has 5 nitrogen and oxygen atoms in total. The topological polar surface area (TPSA) is 44.3 Å². The molecule has 0 radical (unpaired) electrons. The summed E-state index contributed by atoms with van der Waals surface area (Å²) < 4.78 is 0. The smallest absolute Gasteiger partial charge is 0.225 e. The summed E-state index contributed by atoms with van der Waals surface area (Å²) in [5.41, 5.74) is 2.49. The van der Waals surface area contributed by atoms with Gasteiger partial charge < -0.3 is 10.2 Å². The van der Waals surface area contributed by atoms with E-state index in [1.54, 1.807) is 0 Å². The lowest BCUT2D eigenvalue weighted by molar-refractivity contribution is 0.138. The van der Waals surface area contributed by atoms with Crippen molar-refractivity contribution < 1.29 is 0 Å². The molecule has 1 aliphatic heterocycles. The lowest BCUT2D eigenvalue weighted by Gasteiger charge is -2.45. The van der Waals surface area contributed by atoms with Crippen LogP contribution in [-0.4, -0.2) is 53.1 Å². The van der Waals surface area contributed by atoms with Crippen molar-refractivity contribution in [1.82, 2.24) is 20.2 Å². The van der Waals surface area contributed by atoms with E-state index in [2.05, 4.69) is 47.9 Å². The third-order valence-corrected chi connectivity index (χ3v) is 4.83. The van der Waals surface area contributed by atoms with E-state index in [0.717, 1.165) is 43.9 Å². The molecule has 3 rings (SSSR count). The first-order valence-electron chi connectivity index (χ1n) is 7.98. The Bertz CT molecular complexity index is 509. The summed E-state index contributed by atoms with van der Waals surface area (Å²) in [6.45, 7) is 10.6. The highest BCUT2D eigenvalue weighted by atomic mass is 15.3. The zero-order valence-corrected chi connectivity index (χ0v) is 13.7. The first kappa shape index (κ1) is 14.7. The van der Waals surface area contributed by atoms with Crippen molar-refractivity contribution in [2.75, 3.05) is 31.6 Å². The summed E-state index contributed by atoms with van der Waals surface area (Å²) >= 11 is 0. The minimum atomic E-state index is 0.168. The van der Waals surface area contributed by atoms with Gasteiger partial charge in [0.2, 0.25) is 5.95 Å². The van der Waals surface area contributed by atoms with Crippen LogP contribution in [0, 0.1) is 6.92 Å². The molecule has 0 spiro atoms. The predicted molar refractivity (Wildman–Crippen MR) is 85.6 cm³/mol. The zero-order valence-electron chi connectivity index (χ0n) is 13.7. The largest absolute Gasteiger partial charge is 0.338 e. The molecule has 5 heteroatoms. The van der Waals surface area contributed by atoms with Crippen LogP contribution in [-0.2, 0) is 6.54 Å². The second kappa shape index (κ2) is 5.54. The lowest BCUT2D eigenvalue weighted by atomic mass is 10.00. The van der Waals surface area contributed by atoms with Gasteiger partial charge in [-0.3, -0.25) is 4.90 Å². The van der Waals surface area contributed by atoms with Gasteiger partial charge in [-0.15, -0.1) is 0 Å². The first-order chi connectivity index (χ1) is 9.95. The highest BCUT2D eigenvalue weighted by Gasteiger charge is 2.32. The van der Waals surface area contributed by atoms with Gasteiger partial charge in [0.15, 0.2) is 0 Å². The molecule has 1 aliphatic carbocycles. The van der Waals surface area contributed by atoms with Gasteiger partial charge in [-0.1, -0.05) is 0 Å².